The summed E-state index contributed by atoms with van der Waals surface area (Å²) in [5.41, 5.74) is 2.64. The van der Waals surface area contributed by atoms with Crippen molar-refractivity contribution in [3.05, 3.63) is 53.7 Å². The quantitative estimate of drug-likeness (QED) is 0.805. The molecule has 0 bridgehead atoms. The molecule has 1 aromatic carbocycles. The largest absolute Gasteiger partial charge is 0.481 e. The van der Waals surface area contributed by atoms with E-state index >= 15 is 0 Å². The maximum Gasteiger partial charge on any atom is 0.253 e. The van der Waals surface area contributed by atoms with Gasteiger partial charge in [-0.2, -0.15) is 0 Å². The van der Waals surface area contributed by atoms with Crippen molar-refractivity contribution >= 4 is 11.6 Å². The number of carbonyl (C=O) groups is 1. The van der Waals surface area contributed by atoms with Crippen LogP contribution >= 0.6 is 0 Å². The van der Waals surface area contributed by atoms with Gasteiger partial charge >= 0.3 is 0 Å². The summed E-state index contributed by atoms with van der Waals surface area (Å²) in [4.78, 5) is 19.8. The lowest BCUT2D eigenvalue weighted by Gasteiger charge is -2.38. The zero-order valence-electron chi connectivity index (χ0n) is 16.2. The molecule has 2 aliphatic rings. The molecular formula is C22H27N3O3. The molecule has 2 heterocycles. The third-order valence-electron chi connectivity index (χ3n) is 5.83. The van der Waals surface area contributed by atoms with Gasteiger partial charge in [0.25, 0.3) is 5.91 Å². The fourth-order valence-corrected chi connectivity index (χ4v) is 4.19. The lowest BCUT2D eigenvalue weighted by Crippen LogP contribution is -2.41. The standard InChI is InChI=1S/C22H27N3O3/c1-28-20-9-8-15(14-23-20)21(16-12-17(26)13-16)24-22(27)18-6-2-3-7-19(18)25-10-4-5-11-25/h2-3,6-9,14,16-17,21,26H,4-5,10-13H2,1H3,(H,24,27)/t16?,17?,21-/m0/s1. The van der Waals surface area contributed by atoms with Crippen molar-refractivity contribution in [3.63, 3.8) is 0 Å². The molecule has 2 N–H and O–H groups in total. The molecule has 6 nitrogen and oxygen atoms in total. The highest BCUT2D eigenvalue weighted by Crippen LogP contribution is 2.38. The first-order valence-electron chi connectivity index (χ1n) is 9.98. The number of rotatable bonds is 6. The Kier molecular flexibility index (Phi) is 5.48. The Bertz CT molecular complexity index is 812. The molecule has 1 atom stereocenters. The Morgan fingerprint density at radius 2 is 1.96 bits per heavy atom. The Labute approximate surface area is 165 Å². The second-order valence-corrected chi connectivity index (χ2v) is 7.68. The monoisotopic (exact) mass is 381 g/mol. The molecule has 6 heteroatoms. The van der Waals surface area contributed by atoms with E-state index in [-0.39, 0.29) is 24.0 Å². The minimum Gasteiger partial charge on any atom is -0.481 e. The van der Waals surface area contributed by atoms with Crippen molar-refractivity contribution in [2.24, 2.45) is 5.92 Å². The summed E-state index contributed by atoms with van der Waals surface area (Å²) in [6.45, 7) is 1.98. The zero-order chi connectivity index (χ0) is 19.5. The average Bonchev–Trinajstić information content (AvgIpc) is 3.25. The number of carbonyl (C=O) groups excluding carboxylic acids is 1. The maximum atomic E-state index is 13.2. The van der Waals surface area contributed by atoms with E-state index in [1.165, 1.54) is 0 Å². The number of aliphatic hydroxyl groups is 1. The number of nitrogens with zero attached hydrogens (tertiary/aromatic N) is 2. The van der Waals surface area contributed by atoms with Crippen molar-refractivity contribution in [1.82, 2.24) is 10.3 Å². The van der Waals surface area contributed by atoms with Gasteiger partial charge in [0.1, 0.15) is 0 Å². The van der Waals surface area contributed by atoms with Gasteiger partial charge in [0, 0.05) is 31.0 Å². The van der Waals surface area contributed by atoms with Crippen LogP contribution in [-0.4, -0.2) is 42.3 Å². The van der Waals surface area contributed by atoms with Crippen LogP contribution in [0.3, 0.4) is 0 Å². The first-order chi connectivity index (χ1) is 13.7. The van der Waals surface area contributed by atoms with E-state index in [0.29, 0.717) is 24.3 Å². The lowest BCUT2D eigenvalue weighted by molar-refractivity contribution is 0.0234. The van der Waals surface area contributed by atoms with Crippen molar-refractivity contribution < 1.29 is 14.6 Å². The Hall–Kier alpha value is -2.60. The van der Waals surface area contributed by atoms with Gasteiger partial charge in [-0.3, -0.25) is 4.79 Å². The number of methoxy groups -OCH3 is 1. The van der Waals surface area contributed by atoms with E-state index < -0.39 is 0 Å². The molecule has 1 amide bonds. The van der Waals surface area contributed by atoms with Crippen LogP contribution in [0.4, 0.5) is 5.69 Å². The molecule has 0 radical (unpaired) electrons. The van der Waals surface area contributed by atoms with Gasteiger partial charge in [-0.15, -0.1) is 0 Å². The molecule has 28 heavy (non-hydrogen) atoms. The molecule has 0 unspecified atom stereocenters. The lowest BCUT2D eigenvalue weighted by atomic mass is 9.75. The summed E-state index contributed by atoms with van der Waals surface area (Å²) in [6.07, 6.45) is 5.16. The van der Waals surface area contributed by atoms with Gasteiger partial charge in [0.2, 0.25) is 5.88 Å². The van der Waals surface area contributed by atoms with E-state index in [4.69, 9.17) is 4.74 Å². The van der Waals surface area contributed by atoms with E-state index in [0.717, 1.165) is 37.2 Å². The van der Waals surface area contributed by atoms with Crippen LogP contribution in [-0.2, 0) is 0 Å². The van der Waals surface area contributed by atoms with Gasteiger partial charge in [-0.1, -0.05) is 18.2 Å². The van der Waals surface area contributed by atoms with Crippen molar-refractivity contribution in [2.75, 3.05) is 25.1 Å². The molecule has 4 rings (SSSR count). The van der Waals surface area contributed by atoms with Crippen LogP contribution < -0.4 is 15.0 Å². The van der Waals surface area contributed by atoms with E-state index in [9.17, 15) is 9.90 Å². The Morgan fingerprint density at radius 3 is 2.61 bits per heavy atom. The van der Waals surface area contributed by atoms with Crippen molar-refractivity contribution in [2.45, 2.75) is 37.8 Å². The van der Waals surface area contributed by atoms with E-state index in [1.54, 1.807) is 13.3 Å². The van der Waals surface area contributed by atoms with Crippen LogP contribution in [0, 0.1) is 5.92 Å². The van der Waals surface area contributed by atoms with Crippen molar-refractivity contribution in [3.8, 4) is 5.88 Å². The maximum absolute atomic E-state index is 13.2. The molecular weight excluding hydrogens is 354 g/mol. The smallest absolute Gasteiger partial charge is 0.253 e. The highest BCUT2D eigenvalue weighted by molar-refractivity contribution is 6.00. The van der Waals surface area contributed by atoms with E-state index in [2.05, 4.69) is 15.2 Å². The molecule has 148 valence electrons. The molecule has 2 aromatic rings. The SMILES string of the molecule is COc1ccc([C@H](NC(=O)c2ccccc2N2CCCC2)C2CC(O)C2)cn1. The number of hydrogen-bond acceptors (Lipinski definition) is 5. The minimum absolute atomic E-state index is 0.0790. The summed E-state index contributed by atoms with van der Waals surface area (Å²) >= 11 is 0. The summed E-state index contributed by atoms with van der Waals surface area (Å²) in [6, 6.07) is 11.4. The molecule has 1 aromatic heterocycles. The number of benzene rings is 1. The number of aromatic nitrogens is 1. The van der Waals surface area contributed by atoms with Gasteiger partial charge < -0.3 is 20.1 Å². The summed E-state index contributed by atoms with van der Waals surface area (Å²) in [5.74, 6) is 0.666. The minimum atomic E-state index is -0.285. The third kappa shape index (κ3) is 3.83. The summed E-state index contributed by atoms with van der Waals surface area (Å²) < 4.78 is 5.15. The summed E-state index contributed by atoms with van der Waals surface area (Å²) in [7, 11) is 1.58. The summed E-state index contributed by atoms with van der Waals surface area (Å²) in [5, 5.41) is 13.0. The average molecular weight is 381 g/mol. The zero-order valence-corrected chi connectivity index (χ0v) is 16.2. The van der Waals surface area contributed by atoms with Crippen molar-refractivity contribution in [1.29, 1.82) is 0 Å². The molecule has 0 spiro atoms. The molecule has 1 saturated heterocycles. The van der Waals surface area contributed by atoms with Crippen LogP contribution in [0.2, 0.25) is 0 Å². The third-order valence-corrected chi connectivity index (χ3v) is 5.83. The molecule has 1 saturated carbocycles. The fourth-order valence-electron chi connectivity index (χ4n) is 4.19. The number of aliphatic hydroxyl groups excluding tert-OH is 1. The van der Waals surface area contributed by atoms with Crippen LogP contribution in [0.1, 0.15) is 47.6 Å². The number of para-hydroxylation sites is 1. The van der Waals surface area contributed by atoms with Gasteiger partial charge in [0.15, 0.2) is 0 Å². The molecule has 1 aliphatic carbocycles. The van der Waals surface area contributed by atoms with Crippen LogP contribution in [0.25, 0.3) is 0 Å². The number of nitrogens with one attached hydrogen (secondary N) is 1. The second-order valence-electron chi connectivity index (χ2n) is 7.68. The van der Waals surface area contributed by atoms with E-state index in [1.807, 2.05) is 36.4 Å². The van der Waals surface area contributed by atoms with Crippen LogP contribution in [0.5, 0.6) is 5.88 Å². The van der Waals surface area contributed by atoms with Gasteiger partial charge in [-0.05, 0) is 49.3 Å². The number of anilines is 1. The second kappa shape index (κ2) is 8.19. The predicted molar refractivity (Wildman–Crippen MR) is 108 cm³/mol. The Morgan fingerprint density at radius 1 is 1.21 bits per heavy atom. The molecule has 1 aliphatic heterocycles. The normalized spacial score (nSPS) is 22.4. The molecule has 2 fully saturated rings. The topological polar surface area (TPSA) is 74.7 Å². The fraction of sp³-hybridized carbons (Fsp3) is 0.455. The van der Waals surface area contributed by atoms with Gasteiger partial charge in [0.05, 0.1) is 24.8 Å². The highest BCUT2D eigenvalue weighted by Gasteiger charge is 2.36. The Balaban J connectivity index is 1.57. The first kappa shape index (κ1) is 18.7. The number of amides is 1. The first-order valence-corrected chi connectivity index (χ1v) is 9.98. The number of pyridine rings is 1. The predicted octanol–water partition coefficient (Wildman–Crippen LogP) is 2.93. The number of hydrogen-bond donors (Lipinski definition) is 2. The highest BCUT2D eigenvalue weighted by atomic mass is 16.5. The van der Waals surface area contributed by atoms with Crippen LogP contribution in [0.15, 0.2) is 42.6 Å². The number of ether oxygens (including phenoxy) is 1. The van der Waals surface area contributed by atoms with Gasteiger partial charge in [-0.25, -0.2) is 4.98 Å².